The Morgan fingerprint density at radius 1 is 1.05 bits per heavy atom. The standard InChI is InChI=1S/C17H36N2/c1-14(2)11-19(12-15(3)4)17(13-18)9-6-7-16(5)8-10-17/h14-16H,6-13,18H2,1-5H3. The molecular weight excluding hydrogens is 232 g/mol. The van der Waals surface area contributed by atoms with E-state index in [0.717, 1.165) is 24.3 Å². The summed E-state index contributed by atoms with van der Waals surface area (Å²) in [4.78, 5) is 2.74. The van der Waals surface area contributed by atoms with Crippen molar-refractivity contribution in [1.82, 2.24) is 4.90 Å². The fourth-order valence-electron chi connectivity index (χ4n) is 3.56. The first kappa shape index (κ1) is 17.0. The van der Waals surface area contributed by atoms with Crippen LogP contribution in [0.4, 0.5) is 0 Å². The van der Waals surface area contributed by atoms with Crippen molar-refractivity contribution in [2.24, 2.45) is 23.5 Å². The van der Waals surface area contributed by atoms with E-state index < -0.39 is 0 Å². The molecule has 0 aromatic heterocycles. The molecular formula is C17H36N2. The van der Waals surface area contributed by atoms with E-state index in [4.69, 9.17) is 5.73 Å². The van der Waals surface area contributed by atoms with E-state index in [2.05, 4.69) is 39.5 Å². The summed E-state index contributed by atoms with van der Waals surface area (Å²) in [6.07, 6.45) is 6.69. The Bertz CT molecular complexity index is 240. The lowest BCUT2D eigenvalue weighted by Gasteiger charge is -2.45. The SMILES string of the molecule is CC(C)CN(CC(C)C)C1(CN)CCCC(C)CC1. The van der Waals surface area contributed by atoms with E-state index in [9.17, 15) is 0 Å². The highest BCUT2D eigenvalue weighted by molar-refractivity contribution is 4.94. The van der Waals surface area contributed by atoms with Crippen molar-refractivity contribution in [3.63, 3.8) is 0 Å². The van der Waals surface area contributed by atoms with Crippen LogP contribution in [0, 0.1) is 17.8 Å². The van der Waals surface area contributed by atoms with Gasteiger partial charge >= 0.3 is 0 Å². The van der Waals surface area contributed by atoms with Crippen molar-refractivity contribution >= 4 is 0 Å². The molecule has 2 atom stereocenters. The second kappa shape index (κ2) is 7.64. The zero-order chi connectivity index (χ0) is 14.5. The smallest absolute Gasteiger partial charge is 0.0332 e. The number of rotatable bonds is 6. The fraction of sp³-hybridized carbons (Fsp3) is 1.00. The molecule has 0 spiro atoms. The maximum atomic E-state index is 6.26. The van der Waals surface area contributed by atoms with Gasteiger partial charge in [-0.15, -0.1) is 0 Å². The van der Waals surface area contributed by atoms with Crippen molar-refractivity contribution < 1.29 is 0 Å². The highest BCUT2D eigenvalue weighted by Crippen LogP contribution is 2.35. The van der Waals surface area contributed by atoms with Gasteiger partial charge in [-0.3, -0.25) is 4.90 Å². The highest BCUT2D eigenvalue weighted by Gasteiger charge is 2.37. The third-order valence-electron chi connectivity index (χ3n) is 4.66. The average molecular weight is 268 g/mol. The number of nitrogens with two attached hydrogens (primary N) is 1. The first-order chi connectivity index (χ1) is 8.89. The third kappa shape index (κ3) is 5.07. The van der Waals surface area contributed by atoms with Gasteiger partial charge in [0, 0.05) is 25.2 Å². The minimum atomic E-state index is 0.277. The van der Waals surface area contributed by atoms with Crippen LogP contribution in [0.2, 0.25) is 0 Å². The van der Waals surface area contributed by atoms with Gasteiger partial charge in [-0.2, -0.15) is 0 Å². The maximum Gasteiger partial charge on any atom is 0.0332 e. The summed E-state index contributed by atoms with van der Waals surface area (Å²) in [5.74, 6) is 2.33. The second-order valence-electron chi connectivity index (χ2n) is 7.66. The number of hydrogen-bond acceptors (Lipinski definition) is 2. The topological polar surface area (TPSA) is 29.3 Å². The molecule has 0 heterocycles. The van der Waals surface area contributed by atoms with Crippen LogP contribution < -0.4 is 5.73 Å². The van der Waals surface area contributed by atoms with Gasteiger partial charge in [0.1, 0.15) is 0 Å². The molecule has 2 nitrogen and oxygen atoms in total. The van der Waals surface area contributed by atoms with Gasteiger partial charge in [-0.25, -0.2) is 0 Å². The summed E-state index contributed by atoms with van der Waals surface area (Å²) in [6, 6.07) is 0. The van der Waals surface area contributed by atoms with Crippen molar-refractivity contribution in [2.45, 2.75) is 72.3 Å². The van der Waals surface area contributed by atoms with Crippen molar-refractivity contribution in [1.29, 1.82) is 0 Å². The van der Waals surface area contributed by atoms with Crippen molar-refractivity contribution in [3.05, 3.63) is 0 Å². The number of hydrogen-bond donors (Lipinski definition) is 1. The molecule has 1 fully saturated rings. The lowest BCUT2D eigenvalue weighted by atomic mass is 9.86. The first-order valence-electron chi connectivity index (χ1n) is 8.34. The Kier molecular flexibility index (Phi) is 6.82. The van der Waals surface area contributed by atoms with Crippen molar-refractivity contribution in [2.75, 3.05) is 19.6 Å². The second-order valence-corrected chi connectivity index (χ2v) is 7.66. The molecule has 0 radical (unpaired) electrons. The molecule has 1 aliphatic rings. The van der Waals surface area contributed by atoms with Gasteiger partial charge in [0.15, 0.2) is 0 Å². The summed E-state index contributed by atoms with van der Waals surface area (Å²) >= 11 is 0. The molecule has 1 rings (SSSR count). The minimum absolute atomic E-state index is 0.277. The molecule has 2 heteroatoms. The summed E-state index contributed by atoms with van der Waals surface area (Å²) < 4.78 is 0. The highest BCUT2D eigenvalue weighted by atomic mass is 15.2. The van der Waals surface area contributed by atoms with E-state index in [1.54, 1.807) is 0 Å². The Labute approximate surface area is 121 Å². The van der Waals surface area contributed by atoms with Gasteiger partial charge in [0.05, 0.1) is 0 Å². The minimum Gasteiger partial charge on any atom is -0.329 e. The van der Waals surface area contributed by atoms with Gasteiger partial charge in [-0.05, 0) is 37.0 Å². The largest absolute Gasteiger partial charge is 0.329 e. The zero-order valence-corrected chi connectivity index (χ0v) is 13.9. The molecule has 1 aliphatic carbocycles. The predicted molar refractivity (Wildman–Crippen MR) is 85.3 cm³/mol. The third-order valence-corrected chi connectivity index (χ3v) is 4.66. The monoisotopic (exact) mass is 268 g/mol. The van der Waals surface area contributed by atoms with E-state index in [1.807, 2.05) is 0 Å². The van der Waals surface area contributed by atoms with Gasteiger partial charge in [0.2, 0.25) is 0 Å². The molecule has 0 aliphatic heterocycles. The summed E-state index contributed by atoms with van der Waals surface area (Å²) in [7, 11) is 0. The van der Waals surface area contributed by atoms with E-state index in [1.165, 1.54) is 45.2 Å². The Morgan fingerprint density at radius 2 is 1.63 bits per heavy atom. The van der Waals surface area contributed by atoms with Crippen LogP contribution in [0.5, 0.6) is 0 Å². The quantitative estimate of drug-likeness (QED) is 0.740. The van der Waals surface area contributed by atoms with Crippen LogP contribution in [0.25, 0.3) is 0 Å². The normalized spacial score (nSPS) is 29.2. The summed E-state index contributed by atoms with van der Waals surface area (Å²) in [5.41, 5.74) is 6.54. The van der Waals surface area contributed by atoms with Crippen LogP contribution in [0.3, 0.4) is 0 Å². The van der Waals surface area contributed by atoms with E-state index in [0.29, 0.717) is 0 Å². The molecule has 2 unspecified atom stereocenters. The molecule has 0 aromatic carbocycles. The summed E-state index contributed by atoms with van der Waals surface area (Å²) in [5, 5.41) is 0. The van der Waals surface area contributed by atoms with E-state index >= 15 is 0 Å². The van der Waals surface area contributed by atoms with Crippen LogP contribution >= 0.6 is 0 Å². The average Bonchev–Trinajstić information content (AvgIpc) is 2.50. The molecule has 19 heavy (non-hydrogen) atoms. The fourth-order valence-corrected chi connectivity index (χ4v) is 3.56. The lowest BCUT2D eigenvalue weighted by Crippen LogP contribution is -2.55. The van der Waals surface area contributed by atoms with Crippen molar-refractivity contribution in [3.8, 4) is 0 Å². The number of nitrogens with zero attached hydrogens (tertiary/aromatic N) is 1. The first-order valence-corrected chi connectivity index (χ1v) is 8.34. The van der Waals surface area contributed by atoms with Gasteiger partial charge < -0.3 is 5.73 Å². The zero-order valence-electron chi connectivity index (χ0n) is 13.9. The molecule has 2 N–H and O–H groups in total. The Morgan fingerprint density at radius 3 is 2.11 bits per heavy atom. The van der Waals surface area contributed by atoms with Crippen LogP contribution in [0.1, 0.15) is 66.7 Å². The van der Waals surface area contributed by atoms with Crippen LogP contribution in [-0.4, -0.2) is 30.1 Å². The lowest BCUT2D eigenvalue weighted by molar-refractivity contribution is 0.0536. The molecule has 0 bridgehead atoms. The predicted octanol–water partition coefficient (Wildman–Crippen LogP) is 3.90. The van der Waals surface area contributed by atoms with Gasteiger partial charge in [0.25, 0.3) is 0 Å². The Balaban J connectivity index is 2.85. The molecule has 114 valence electrons. The Hall–Kier alpha value is -0.0800. The molecule has 0 saturated heterocycles. The molecule has 0 amide bonds. The van der Waals surface area contributed by atoms with Gasteiger partial charge in [-0.1, -0.05) is 47.5 Å². The van der Waals surface area contributed by atoms with E-state index in [-0.39, 0.29) is 5.54 Å². The maximum absolute atomic E-state index is 6.26. The molecule has 0 aromatic rings. The van der Waals surface area contributed by atoms with Crippen LogP contribution in [-0.2, 0) is 0 Å². The molecule has 1 saturated carbocycles. The van der Waals surface area contributed by atoms with Crippen LogP contribution in [0.15, 0.2) is 0 Å². The summed E-state index contributed by atoms with van der Waals surface area (Å²) in [6.45, 7) is 15.0.